The van der Waals surface area contributed by atoms with Crippen LogP contribution < -0.4 is 0 Å². The summed E-state index contributed by atoms with van der Waals surface area (Å²) in [5, 5.41) is 14.3. The van der Waals surface area contributed by atoms with E-state index in [0.717, 1.165) is 23.3 Å². The van der Waals surface area contributed by atoms with E-state index in [1.165, 1.54) is 6.26 Å². The van der Waals surface area contributed by atoms with Crippen LogP contribution >= 0.6 is 22.7 Å². The van der Waals surface area contributed by atoms with Crippen LogP contribution in [0.15, 0.2) is 61.6 Å². The number of hydrazone groups is 1. The molecular weight excluding hydrogens is 316 g/mol. The van der Waals surface area contributed by atoms with Crippen molar-refractivity contribution in [1.29, 1.82) is 0 Å². The van der Waals surface area contributed by atoms with E-state index in [1.807, 2.05) is 22.9 Å². The molecule has 4 heterocycles. The van der Waals surface area contributed by atoms with Gasteiger partial charge in [0.05, 0.1) is 18.0 Å². The van der Waals surface area contributed by atoms with Crippen LogP contribution in [-0.4, -0.2) is 16.6 Å². The molecule has 3 aromatic rings. The fourth-order valence-electron chi connectivity index (χ4n) is 2.54. The minimum absolute atomic E-state index is 0.0706. The molecule has 4 rings (SSSR count). The van der Waals surface area contributed by atoms with Gasteiger partial charge in [0, 0.05) is 12.0 Å². The molecule has 0 unspecified atom stereocenters. The standard InChI is InChI=1S/C16H12N2O2S2/c19-16(15-2-1-5-20-15)18-14(12-4-7-22-10-12)8-13(17-18)11-3-6-21-9-11/h1-7,9-10,14H,8H2/t14-/m0/s1. The monoisotopic (exact) mass is 328 g/mol. The van der Waals surface area contributed by atoms with Gasteiger partial charge >= 0.3 is 5.91 Å². The van der Waals surface area contributed by atoms with E-state index >= 15 is 0 Å². The average Bonchev–Trinajstić information content (AvgIpc) is 3.35. The SMILES string of the molecule is O=C(c1ccco1)N1N=C(c2ccsc2)C[C@H]1c1ccsc1. The molecule has 1 aliphatic rings. The van der Waals surface area contributed by atoms with Crippen molar-refractivity contribution in [2.45, 2.75) is 12.5 Å². The summed E-state index contributed by atoms with van der Waals surface area (Å²) in [5.41, 5.74) is 3.14. The third-order valence-electron chi connectivity index (χ3n) is 3.63. The van der Waals surface area contributed by atoms with Crippen LogP contribution in [0.2, 0.25) is 0 Å². The van der Waals surface area contributed by atoms with E-state index in [0.29, 0.717) is 5.76 Å². The van der Waals surface area contributed by atoms with E-state index in [9.17, 15) is 4.79 Å². The molecule has 22 heavy (non-hydrogen) atoms. The Morgan fingerprint density at radius 2 is 2.09 bits per heavy atom. The molecule has 0 fully saturated rings. The van der Waals surface area contributed by atoms with Crippen molar-refractivity contribution in [2.24, 2.45) is 5.10 Å². The van der Waals surface area contributed by atoms with Gasteiger partial charge in [-0.1, -0.05) is 0 Å². The van der Waals surface area contributed by atoms with Gasteiger partial charge in [-0.25, -0.2) is 5.01 Å². The lowest BCUT2D eigenvalue weighted by molar-refractivity contribution is 0.0679. The van der Waals surface area contributed by atoms with Crippen molar-refractivity contribution in [1.82, 2.24) is 5.01 Å². The first-order chi connectivity index (χ1) is 10.8. The topological polar surface area (TPSA) is 45.8 Å². The Morgan fingerprint density at radius 3 is 2.77 bits per heavy atom. The molecule has 0 aliphatic carbocycles. The Hall–Kier alpha value is -2.18. The molecule has 0 aromatic carbocycles. The summed E-state index contributed by atoms with van der Waals surface area (Å²) in [5.74, 6) is 0.113. The van der Waals surface area contributed by atoms with E-state index in [-0.39, 0.29) is 11.9 Å². The van der Waals surface area contributed by atoms with E-state index in [4.69, 9.17) is 4.42 Å². The van der Waals surface area contributed by atoms with Crippen molar-refractivity contribution in [3.05, 3.63) is 68.9 Å². The summed E-state index contributed by atoms with van der Waals surface area (Å²) in [6.45, 7) is 0. The van der Waals surface area contributed by atoms with Crippen molar-refractivity contribution < 1.29 is 9.21 Å². The van der Waals surface area contributed by atoms with Crippen molar-refractivity contribution in [2.75, 3.05) is 0 Å². The van der Waals surface area contributed by atoms with Crippen LogP contribution in [0.25, 0.3) is 0 Å². The second-order valence-electron chi connectivity index (χ2n) is 4.96. The number of hydrogen-bond acceptors (Lipinski definition) is 5. The number of thiophene rings is 2. The van der Waals surface area contributed by atoms with Crippen molar-refractivity contribution in [3.8, 4) is 0 Å². The highest BCUT2D eigenvalue weighted by atomic mass is 32.1. The Bertz CT molecular complexity index is 789. The molecule has 0 saturated heterocycles. The summed E-state index contributed by atoms with van der Waals surface area (Å²) in [7, 11) is 0. The average molecular weight is 328 g/mol. The summed E-state index contributed by atoms with van der Waals surface area (Å²) in [6.07, 6.45) is 2.23. The van der Waals surface area contributed by atoms with Gasteiger partial charge in [-0.2, -0.15) is 27.8 Å². The first-order valence-electron chi connectivity index (χ1n) is 6.82. The van der Waals surface area contributed by atoms with Crippen LogP contribution in [-0.2, 0) is 0 Å². The van der Waals surface area contributed by atoms with Crippen molar-refractivity contribution in [3.63, 3.8) is 0 Å². The number of amides is 1. The molecule has 1 amide bonds. The molecule has 1 atom stereocenters. The first-order valence-corrected chi connectivity index (χ1v) is 8.70. The molecule has 0 saturated carbocycles. The highest BCUT2D eigenvalue weighted by Gasteiger charge is 2.34. The number of carbonyl (C=O) groups excluding carboxylic acids is 1. The minimum Gasteiger partial charge on any atom is -0.459 e. The fraction of sp³-hybridized carbons (Fsp3) is 0.125. The van der Waals surface area contributed by atoms with Gasteiger partial charge < -0.3 is 4.42 Å². The number of furan rings is 1. The molecule has 0 bridgehead atoms. The molecule has 0 spiro atoms. The van der Waals surface area contributed by atoms with E-state index < -0.39 is 0 Å². The third kappa shape index (κ3) is 2.30. The van der Waals surface area contributed by atoms with Gasteiger partial charge in [-0.3, -0.25) is 4.79 Å². The lowest BCUT2D eigenvalue weighted by Gasteiger charge is -2.19. The number of rotatable bonds is 3. The van der Waals surface area contributed by atoms with Crippen LogP contribution in [0, 0.1) is 0 Å². The Labute approximate surface area is 135 Å². The normalized spacial score (nSPS) is 17.7. The van der Waals surface area contributed by atoms with Gasteiger partial charge in [0.25, 0.3) is 0 Å². The summed E-state index contributed by atoms with van der Waals surface area (Å²) in [6, 6.07) is 7.40. The lowest BCUT2D eigenvalue weighted by atomic mass is 10.0. The zero-order valence-electron chi connectivity index (χ0n) is 11.5. The smallest absolute Gasteiger partial charge is 0.310 e. The summed E-state index contributed by atoms with van der Waals surface area (Å²) >= 11 is 3.26. The molecule has 3 aromatic heterocycles. The van der Waals surface area contributed by atoms with E-state index in [2.05, 4.69) is 15.9 Å². The largest absolute Gasteiger partial charge is 0.459 e. The van der Waals surface area contributed by atoms with E-state index in [1.54, 1.807) is 39.8 Å². The van der Waals surface area contributed by atoms with Gasteiger partial charge in [-0.05, 0) is 51.3 Å². The van der Waals surface area contributed by atoms with Gasteiger partial charge in [0.1, 0.15) is 0 Å². The maximum Gasteiger partial charge on any atom is 0.310 e. The summed E-state index contributed by atoms with van der Waals surface area (Å²) < 4.78 is 5.24. The maximum atomic E-state index is 12.7. The molecule has 4 nitrogen and oxygen atoms in total. The zero-order valence-corrected chi connectivity index (χ0v) is 13.1. The summed E-state index contributed by atoms with van der Waals surface area (Å²) in [4.78, 5) is 12.7. The molecule has 0 radical (unpaired) electrons. The zero-order chi connectivity index (χ0) is 14.9. The number of nitrogens with zero attached hydrogens (tertiary/aromatic N) is 2. The van der Waals surface area contributed by atoms with Gasteiger partial charge in [0.15, 0.2) is 5.76 Å². The molecule has 110 valence electrons. The van der Waals surface area contributed by atoms with Crippen LogP contribution in [0.1, 0.15) is 34.1 Å². The maximum absolute atomic E-state index is 12.7. The Kier molecular flexibility index (Phi) is 3.40. The lowest BCUT2D eigenvalue weighted by Crippen LogP contribution is -2.26. The van der Waals surface area contributed by atoms with Gasteiger partial charge in [-0.15, -0.1) is 0 Å². The molecule has 1 aliphatic heterocycles. The second kappa shape index (κ2) is 5.55. The van der Waals surface area contributed by atoms with Crippen LogP contribution in [0.3, 0.4) is 0 Å². The highest BCUT2D eigenvalue weighted by molar-refractivity contribution is 7.08. The minimum atomic E-state index is -0.202. The van der Waals surface area contributed by atoms with Crippen LogP contribution in [0.4, 0.5) is 0 Å². The predicted octanol–water partition coefficient (Wildman–Crippen LogP) is 4.39. The van der Waals surface area contributed by atoms with Crippen LogP contribution in [0.5, 0.6) is 0 Å². The fourth-order valence-corrected chi connectivity index (χ4v) is 3.91. The first kappa shape index (κ1) is 13.5. The number of hydrogen-bond donors (Lipinski definition) is 0. The Balaban J connectivity index is 1.71. The quantitative estimate of drug-likeness (QED) is 0.715. The highest BCUT2D eigenvalue weighted by Crippen LogP contribution is 2.35. The van der Waals surface area contributed by atoms with Crippen molar-refractivity contribution >= 4 is 34.3 Å². The number of carbonyl (C=O) groups is 1. The Morgan fingerprint density at radius 1 is 1.23 bits per heavy atom. The molecule has 0 N–H and O–H groups in total. The predicted molar refractivity (Wildman–Crippen MR) is 87.4 cm³/mol. The molecule has 6 heteroatoms. The third-order valence-corrected chi connectivity index (χ3v) is 5.02. The van der Waals surface area contributed by atoms with Gasteiger partial charge in [0.2, 0.25) is 0 Å². The second-order valence-corrected chi connectivity index (χ2v) is 6.52. The molecular formula is C16H12N2O2S2.